The molecule has 3 heterocycles. The second-order valence-electron chi connectivity index (χ2n) is 4.66. The Hall–Kier alpha value is -1.50. The third-order valence-electron chi connectivity index (χ3n) is 3.52. The molecule has 0 spiro atoms. The number of hydrogen-bond donors (Lipinski definition) is 1. The van der Waals surface area contributed by atoms with Crippen molar-refractivity contribution in [1.82, 2.24) is 10.3 Å². The maximum atomic E-state index is 12.0. The van der Waals surface area contributed by atoms with E-state index in [9.17, 15) is 4.79 Å². The molecule has 1 aromatic heterocycles. The fraction of sp³-hybridized carbons (Fsp3) is 0.538. The van der Waals surface area contributed by atoms with Gasteiger partial charge in [0.25, 0.3) is 5.91 Å². The first-order valence-electron chi connectivity index (χ1n) is 6.27. The summed E-state index contributed by atoms with van der Waals surface area (Å²) in [7, 11) is 1.64. The van der Waals surface area contributed by atoms with Crippen molar-refractivity contribution in [3.05, 3.63) is 30.1 Å². The van der Waals surface area contributed by atoms with Gasteiger partial charge in [0, 0.05) is 13.3 Å². The predicted octanol–water partition coefficient (Wildman–Crippen LogP) is -0.00740. The maximum absolute atomic E-state index is 12.0. The number of aromatic nitrogens is 1. The highest BCUT2D eigenvalue weighted by Crippen LogP contribution is 2.28. The van der Waals surface area contributed by atoms with Gasteiger partial charge < -0.3 is 19.5 Å². The van der Waals surface area contributed by atoms with E-state index in [1.165, 1.54) is 0 Å². The molecule has 4 atom stereocenters. The molecule has 2 saturated heterocycles. The zero-order valence-electron chi connectivity index (χ0n) is 10.6. The molecule has 2 fully saturated rings. The number of pyridine rings is 1. The van der Waals surface area contributed by atoms with Crippen LogP contribution in [0.4, 0.5) is 0 Å². The molecule has 0 aromatic carbocycles. The van der Waals surface area contributed by atoms with Gasteiger partial charge in [-0.05, 0) is 12.1 Å². The molecular weight excluding hydrogens is 248 g/mol. The lowest BCUT2D eigenvalue weighted by molar-refractivity contribution is -0.00817. The van der Waals surface area contributed by atoms with Crippen LogP contribution in [-0.4, -0.2) is 55.6 Å². The first-order chi connectivity index (χ1) is 9.29. The van der Waals surface area contributed by atoms with Gasteiger partial charge in [-0.3, -0.25) is 9.78 Å². The number of nitrogens with one attached hydrogen (secondary N) is 1. The SMILES string of the molecule is COC1COC2C(NC(=O)c3ccccn3)COC12. The summed E-state index contributed by atoms with van der Waals surface area (Å²) in [6, 6.07) is 5.08. The summed E-state index contributed by atoms with van der Waals surface area (Å²) in [5.74, 6) is -0.209. The molecule has 1 aromatic rings. The van der Waals surface area contributed by atoms with Crippen LogP contribution in [0.1, 0.15) is 10.5 Å². The minimum absolute atomic E-state index is 0.0539. The van der Waals surface area contributed by atoms with Crippen LogP contribution in [-0.2, 0) is 14.2 Å². The molecule has 1 amide bonds. The standard InChI is InChI=1S/C13H16N2O4/c1-17-10-7-19-11-9(6-18-12(10)11)15-13(16)8-4-2-3-5-14-8/h2-5,9-12H,6-7H2,1H3,(H,15,16). The van der Waals surface area contributed by atoms with Crippen LogP contribution < -0.4 is 5.32 Å². The lowest BCUT2D eigenvalue weighted by atomic mass is 10.1. The highest BCUT2D eigenvalue weighted by molar-refractivity contribution is 5.92. The number of rotatable bonds is 3. The Bertz CT molecular complexity index is 453. The largest absolute Gasteiger partial charge is 0.376 e. The summed E-state index contributed by atoms with van der Waals surface area (Å²) in [5.41, 5.74) is 0.396. The van der Waals surface area contributed by atoms with Crippen molar-refractivity contribution in [1.29, 1.82) is 0 Å². The van der Waals surface area contributed by atoms with Crippen LogP contribution in [0.5, 0.6) is 0 Å². The van der Waals surface area contributed by atoms with Gasteiger partial charge in [0.1, 0.15) is 24.0 Å². The highest BCUT2D eigenvalue weighted by Gasteiger charge is 2.48. The van der Waals surface area contributed by atoms with Gasteiger partial charge in [0.15, 0.2) is 0 Å². The Balaban J connectivity index is 1.64. The Morgan fingerprint density at radius 3 is 2.95 bits per heavy atom. The number of ether oxygens (including phenoxy) is 3. The van der Waals surface area contributed by atoms with Crippen molar-refractivity contribution in [2.45, 2.75) is 24.4 Å². The van der Waals surface area contributed by atoms with Gasteiger partial charge >= 0.3 is 0 Å². The van der Waals surface area contributed by atoms with Crippen molar-refractivity contribution in [2.24, 2.45) is 0 Å². The second kappa shape index (κ2) is 5.24. The highest BCUT2D eigenvalue weighted by atomic mass is 16.6. The van der Waals surface area contributed by atoms with Crippen molar-refractivity contribution < 1.29 is 19.0 Å². The van der Waals surface area contributed by atoms with Crippen LogP contribution in [0.25, 0.3) is 0 Å². The predicted molar refractivity (Wildman–Crippen MR) is 65.8 cm³/mol. The minimum atomic E-state index is -0.209. The van der Waals surface area contributed by atoms with E-state index in [0.29, 0.717) is 18.9 Å². The van der Waals surface area contributed by atoms with Gasteiger partial charge in [-0.15, -0.1) is 0 Å². The molecule has 1 N–H and O–H groups in total. The molecule has 0 aliphatic carbocycles. The van der Waals surface area contributed by atoms with Crippen LogP contribution >= 0.6 is 0 Å². The summed E-state index contributed by atoms with van der Waals surface area (Å²) in [4.78, 5) is 16.0. The fourth-order valence-corrected chi connectivity index (χ4v) is 2.53. The minimum Gasteiger partial charge on any atom is -0.376 e. The molecule has 4 unspecified atom stereocenters. The van der Waals surface area contributed by atoms with E-state index in [1.807, 2.05) is 0 Å². The second-order valence-corrected chi connectivity index (χ2v) is 4.66. The summed E-state index contributed by atoms with van der Waals surface area (Å²) in [6.45, 7) is 0.940. The normalized spacial score (nSPS) is 33.1. The smallest absolute Gasteiger partial charge is 0.270 e. The Morgan fingerprint density at radius 2 is 2.21 bits per heavy atom. The zero-order valence-corrected chi connectivity index (χ0v) is 10.6. The van der Waals surface area contributed by atoms with Crippen LogP contribution in [0.2, 0.25) is 0 Å². The van der Waals surface area contributed by atoms with Gasteiger partial charge in [0.2, 0.25) is 0 Å². The molecule has 0 bridgehead atoms. The summed E-state index contributed by atoms with van der Waals surface area (Å²) in [5, 5.41) is 2.90. The summed E-state index contributed by atoms with van der Waals surface area (Å²) in [6.07, 6.45) is 1.30. The molecule has 19 heavy (non-hydrogen) atoms. The first-order valence-corrected chi connectivity index (χ1v) is 6.27. The molecule has 102 valence electrons. The third kappa shape index (κ3) is 2.34. The number of carbonyl (C=O) groups excluding carboxylic acids is 1. The van der Waals surface area contributed by atoms with Crippen LogP contribution in [0.15, 0.2) is 24.4 Å². The van der Waals surface area contributed by atoms with Crippen molar-refractivity contribution in [2.75, 3.05) is 20.3 Å². The number of hydrogen-bond acceptors (Lipinski definition) is 5. The fourth-order valence-electron chi connectivity index (χ4n) is 2.53. The monoisotopic (exact) mass is 264 g/mol. The van der Waals surface area contributed by atoms with Gasteiger partial charge in [-0.25, -0.2) is 0 Å². The number of methoxy groups -OCH3 is 1. The molecule has 0 saturated carbocycles. The molecule has 6 nitrogen and oxygen atoms in total. The molecular formula is C13H16N2O4. The van der Waals surface area contributed by atoms with Crippen molar-refractivity contribution in [3.63, 3.8) is 0 Å². The number of fused-ring (bicyclic) bond motifs is 1. The van der Waals surface area contributed by atoms with E-state index in [4.69, 9.17) is 14.2 Å². The van der Waals surface area contributed by atoms with E-state index in [1.54, 1.807) is 31.5 Å². The first kappa shape index (κ1) is 12.5. The zero-order chi connectivity index (χ0) is 13.2. The Kier molecular flexibility index (Phi) is 3.46. The van der Waals surface area contributed by atoms with E-state index in [-0.39, 0.29) is 30.3 Å². The van der Waals surface area contributed by atoms with Crippen molar-refractivity contribution in [3.8, 4) is 0 Å². The number of nitrogens with zero attached hydrogens (tertiary/aromatic N) is 1. The van der Waals surface area contributed by atoms with Crippen molar-refractivity contribution >= 4 is 5.91 Å². The van der Waals surface area contributed by atoms with E-state index in [0.717, 1.165) is 0 Å². The van der Waals surface area contributed by atoms with Crippen LogP contribution in [0, 0.1) is 0 Å². The molecule has 3 rings (SSSR count). The molecule has 2 aliphatic rings. The van der Waals surface area contributed by atoms with Gasteiger partial charge in [-0.2, -0.15) is 0 Å². The van der Waals surface area contributed by atoms with E-state index in [2.05, 4.69) is 10.3 Å². The maximum Gasteiger partial charge on any atom is 0.270 e. The Labute approximate surface area is 111 Å². The Morgan fingerprint density at radius 1 is 1.37 bits per heavy atom. The lowest BCUT2D eigenvalue weighted by Gasteiger charge is -2.17. The molecule has 6 heteroatoms. The average Bonchev–Trinajstić information content (AvgIpc) is 3.02. The quantitative estimate of drug-likeness (QED) is 0.831. The lowest BCUT2D eigenvalue weighted by Crippen LogP contribution is -2.44. The number of carbonyl (C=O) groups is 1. The van der Waals surface area contributed by atoms with Gasteiger partial charge in [0.05, 0.1) is 19.3 Å². The third-order valence-corrected chi connectivity index (χ3v) is 3.52. The topological polar surface area (TPSA) is 69.7 Å². The summed E-state index contributed by atoms with van der Waals surface area (Å²) < 4.78 is 16.6. The average molecular weight is 264 g/mol. The van der Waals surface area contributed by atoms with Gasteiger partial charge in [-0.1, -0.05) is 6.07 Å². The van der Waals surface area contributed by atoms with E-state index < -0.39 is 0 Å². The number of amides is 1. The van der Waals surface area contributed by atoms with E-state index >= 15 is 0 Å². The molecule has 0 radical (unpaired) electrons. The molecule has 2 aliphatic heterocycles. The summed E-state index contributed by atoms with van der Waals surface area (Å²) >= 11 is 0. The van der Waals surface area contributed by atoms with Crippen LogP contribution in [0.3, 0.4) is 0 Å².